The molecule has 1 aromatic rings. The monoisotopic (exact) mass is 339 g/mol. The predicted octanol–water partition coefficient (Wildman–Crippen LogP) is 2.64. The highest BCUT2D eigenvalue weighted by atomic mass is 32.2. The van der Waals surface area contributed by atoms with Crippen molar-refractivity contribution in [2.24, 2.45) is 16.7 Å². The molecule has 0 aromatic heterocycles. The van der Waals surface area contributed by atoms with E-state index in [1.54, 1.807) is 12.1 Å². The minimum Gasteiger partial charge on any atom is -0.299 e. The van der Waals surface area contributed by atoms with Crippen LogP contribution in [-0.4, -0.2) is 20.0 Å². The van der Waals surface area contributed by atoms with Gasteiger partial charge in [-0.3, -0.25) is 4.79 Å². The van der Waals surface area contributed by atoms with Gasteiger partial charge in [-0.2, -0.15) is 0 Å². The van der Waals surface area contributed by atoms with Crippen molar-refractivity contribution in [3.8, 4) is 0 Å². The molecule has 3 rings (SSSR count). The Morgan fingerprint density at radius 2 is 1.91 bits per heavy atom. The van der Waals surface area contributed by atoms with Crippen LogP contribution in [0.3, 0.4) is 0 Å². The molecule has 2 aliphatic carbocycles. The Morgan fingerprint density at radius 1 is 1.26 bits per heavy atom. The van der Waals surface area contributed by atoms with Crippen LogP contribution in [0, 0.1) is 22.6 Å². The van der Waals surface area contributed by atoms with Crippen LogP contribution >= 0.6 is 0 Å². The molecule has 0 heterocycles. The molecule has 0 saturated heterocycles. The molecule has 2 fully saturated rings. The molecular formula is C17H22FNO3S. The number of benzene rings is 1. The van der Waals surface area contributed by atoms with Crippen molar-refractivity contribution in [2.45, 2.75) is 39.7 Å². The molecule has 6 heteroatoms. The number of carbonyl (C=O) groups is 1. The first kappa shape index (κ1) is 16.6. The molecule has 126 valence electrons. The fraction of sp³-hybridized carbons (Fsp3) is 0.588. The summed E-state index contributed by atoms with van der Waals surface area (Å²) in [5.74, 6) is -0.122. The van der Waals surface area contributed by atoms with Crippen molar-refractivity contribution in [1.82, 2.24) is 4.72 Å². The van der Waals surface area contributed by atoms with Crippen molar-refractivity contribution in [3.05, 3.63) is 35.6 Å². The maximum atomic E-state index is 12.9. The summed E-state index contributed by atoms with van der Waals surface area (Å²) in [7, 11) is -3.59. The SMILES string of the molecule is CC1(C)[C@H]2CC[C@@]1(CS(=O)(=O)NCc1ccc(F)cc1)C(=O)C2. The molecule has 0 aliphatic heterocycles. The lowest BCUT2D eigenvalue weighted by atomic mass is 9.70. The molecule has 0 spiro atoms. The van der Waals surface area contributed by atoms with Gasteiger partial charge in [-0.05, 0) is 41.9 Å². The lowest BCUT2D eigenvalue weighted by molar-refractivity contribution is -0.128. The van der Waals surface area contributed by atoms with Crippen molar-refractivity contribution >= 4 is 15.8 Å². The van der Waals surface area contributed by atoms with Gasteiger partial charge in [0.2, 0.25) is 10.0 Å². The first-order valence-electron chi connectivity index (χ1n) is 7.91. The van der Waals surface area contributed by atoms with Gasteiger partial charge in [-0.1, -0.05) is 26.0 Å². The van der Waals surface area contributed by atoms with Gasteiger partial charge >= 0.3 is 0 Å². The van der Waals surface area contributed by atoms with Gasteiger partial charge in [0.1, 0.15) is 11.6 Å². The summed E-state index contributed by atoms with van der Waals surface area (Å²) < 4.78 is 40.5. The van der Waals surface area contributed by atoms with Crippen molar-refractivity contribution in [1.29, 1.82) is 0 Å². The number of carbonyl (C=O) groups excluding carboxylic acids is 1. The summed E-state index contributed by atoms with van der Waals surface area (Å²) in [5, 5.41) is 0. The van der Waals surface area contributed by atoms with Gasteiger partial charge < -0.3 is 0 Å². The maximum Gasteiger partial charge on any atom is 0.212 e. The van der Waals surface area contributed by atoms with Gasteiger partial charge in [0.15, 0.2) is 0 Å². The normalized spacial score (nSPS) is 29.2. The molecule has 0 amide bonds. The number of sulfonamides is 1. The first-order chi connectivity index (χ1) is 10.7. The summed E-state index contributed by atoms with van der Waals surface area (Å²) in [6, 6.07) is 5.69. The van der Waals surface area contributed by atoms with Crippen molar-refractivity contribution < 1.29 is 17.6 Å². The summed E-state index contributed by atoms with van der Waals surface area (Å²) in [4.78, 5) is 12.4. The standard InChI is InChI=1S/C17H22FNO3S/c1-16(2)13-7-8-17(16,15(20)9-13)11-23(21,22)19-10-12-3-5-14(18)6-4-12/h3-6,13,19H,7-11H2,1-2H3/t13-,17+/m0/s1. The molecule has 0 unspecified atom stereocenters. The first-order valence-corrected chi connectivity index (χ1v) is 9.57. The molecule has 23 heavy (non-hydrogen) atoms. The van der Waals surface area contributed by atoms with Crippen LogP contribution < -0.4 is 4.72 Å². The number of nitrogens with one attached hydrogen (secondary N) is 1. The number of hydrogen-bond acceptors (Lipinski definition) is 3. The van der Waals surface area contributed by atoms with E-state index in [1.807, 2.05) is 13.8 Å². The van der Waals surface area contributed by atoms with Gasteiger partial charge in [0.05, 0.1) is 5.75 Å². The molecule has 1 aromatic carbocycles. The minimum atomic E-state index is -3.59. The molecule has 4 nitrogen and oxygen atoms in total. The second kappa shape index (κ2) is 5.38. The number of halogens is 1. The Bertz CT molecular complexity index is 727. The number of rotatable bonds is 5. The van der Waals surface area contributed by atoms with E-state index < -0.39 is 15.4 Å². The maximum absolute atomic E-state index is 12.9. The fourth-order valence-corrected chi connectivity index (χ4v) is 6.09. The largest absolute Gasteiger partial charge is 0.299 e. The Labute approximate surface area is 136 Å². The zero-order valence-electron chi connectivity index (χ0n) is 13.4. The number of ketones is 1. The molecule has 1 N–H and O–H groups in total. The summed E-state index contributed by atoms with van der Waals surface area (Å²) in [5.41, 5.74) is -0.338. The summed E-state index contributed by atoms with van der Waals surface area (Å²) in [6.07, 6.45) is 2.08. The number of fused-ring (bicyclic) bond motifs is 2. The third-order valence-corrected chi connectivity index (χ3v) is 7.44. The minimum absolute atomic E-state index is 0.0888. The van der Waals surface area contributed by atoms with E-state index in [2.05, 4.69) is 4.72 Å². The smallest absolute Gasteiger partial charge is 0.212 e. The van der Waals surface area contributed by atoms with E-state index >= 15 is 0 Å². The highest BCUT2D eigenvalue weighted by Gasteiger charge is 2.65. The quantitative estimate of drug-likeness (QED) is 0.897. The average Bonchev–Trinajstić information content (AvgIpc) is 2.80. The van der Waals surface area contributed by atoms with Gasteiger partial charge in [0.25, 0.3) is 0 Å². The third-order valence-electron chi connectivity index (χ3n) is 5.99. The van der Waals surface area contributed by atoms with Crippen LogP contribution in [0.4, 0.5) is 4.39 Å². The Kier molecular flexibility index (Phi) is 3.88. The second-order valence-corrected chi connectivity index (χ2v) is 9.18. The molecule has 2 aliphatic rings. The van der Waals surface area contributed by atoms with E-state index in [0.29, 0.717) is 24.3 Å². The van der Waals surface area contributed by atoms with E-state index in [1.165, 1.54) is 12.1 Å². The Hall–Kier alpha value is -1.27. The van der Waals surface area contributed by atoms with Crippen LogP contribution in [-0.2, 0) is 21.4 Å². The topological polar surface area (TPSA) is 63.2 Å². The fourth-order valence-electron chi connectivity index (χ4n) is 4.28. The molecule has 2 atom stereocenters. The molecule has 0 radical (unpaired) electrons. The van der Waals surface area contributed by atoms with Gasteiger partial charge in [-0.15, -0.1) is 0 Å². The number of Topliss-reactive ketones (excluding diaryl/α,β-unsaturated/α-hetero) is 1. The van der Waals surface area contributed by atoms with Crippen LogP contribution in [0.15, 0.2) is 24.3 Å². The van der Waals surface area contributed by atoms with Gasteiger partial charge in [0, 0.05) is 18.4 Å². The summed E-state index contributed by atoms with van der Waals surface area (Å²) in [6.45, 7) is 4.15. The molecule has 2 bridgehead atoms. The summed E-state index contributed by atoms with van der Waals surface area (Å²) >= 11 is 0. The Balaban J connectivity index is 1.73. The predicted molar refractivity (Wildman–Crippen MR) is 85.6 cm³/mol. The van der Waals surface area contributed by atoms with E-state index in [4.69, 9.17) is 0 Å². The lowest BCUT2D eigenvalue weighted by Crippen LogP contribution is -2.45. The van der Waals surface area contributed by atoms with E-state index in [0.717, 1.165) is 6.42 Å². The third kappa shape index (κ3) is 2.72. The highest BCUT2D eigenvalue weighted by Crippen LogP contribution is 2.64. The van der Waals surface area contributed by atoms with Crippen molar-refractivity contribution in [2.75, 3.05) is 5.75 Å². The highest BCUT2D eigenvalue weighted by molar-refractivity contribution is 7.89. The number of hydrogen-bond donors (Lipinski definition) is 1. The second-order valence-electron chi connectivity index (χ2n) is 7.37. The lowest BCUT2D eigenvalue weighted by Gasteiger charge is -2.36. The molecular weight excluding hydrogens is 317 g/mol. The van der Waals surface area contributed by atoms with Crippen LogP contribution in [0.1, 0.15) is 38.7 Å². The zero-order valence-corrected chi connectivity index (χ0v) is 14.2. The van der Waals surface area contributed by atoms with Crippen LogP contribution in [0.2, 0.25) is 0 Å². The van der Waals surface area contributed by atoms with E-state index in [9.17, 15) is 17.6 Å². The zero-order chi connectivity index (χ0) is 16.9. The Morgan fingerprint density at radius 3 is 2.43 bits per heavy atom. The van der Waals surface area contributed by atoms with Crippen LogP contribution in [0.25, 0.3) is 0 Å². The van der Waals surface area contributed by atoms with E-state index in [-0.39, 0.29) is 29.3 Å². The van der Waals surface area contributed by atoms with Crippen molar-refractivity contribution in [3.63, 3.8) is 0 Å². The molecule has 2 saturated carbocycles. The van der Waals surface area contributed by atoms with Crippen LogP contribution in [0.5, 0.6) is 0 Å². The average molecular weight is 339 g/mol. The van der Waals surface area contributed by atoms with Gasteiger partial charge in [-0.25, -0.2) is 17.5 Å².